The summed E-state index contributed by atoms with van der Waals surface area (Å²) in [5.74, 6) is -1.57. The van der Waals surface area contributed by atoms with E-state index < -0.39 is 39.1 Å². The summed E-state index contributed by atoms with van der Waals surface area (Å²) in [4.78, 5) is 34.0. The number of benzene rings is 1. The molecule has 0 bridgehead atoms. The van der Waals surface area contributed by atoms with Crippen LogP contribution in [0.2, 0.25) is 0 Å². The number of carbonyl (C=O) groups excluding carboxylic acids is 1. The minimum atomic E-state index is -1.06. The molecule has 1 aromatic carbocycles. The Hall–Kier alpha value is -3.78. The van der Waals surface area contributed by atoms with Crippen LogP contribution in [0.25, 0.3) is 0 Å². The van der Waals surface area contributed by atoms with Gasteiger partial charge in [0.15, 0.2) is 12.4 Å². The van der Waals surface area contributed by atoms with E-state index in [9.17, 15) is 30.3 Å². The summed E-state index contributed by atoms with van der Waals surface area (Å²) < 4.78 is 1.55. The summed E-state index contributed by atoms with van der Waals surface area (Å²) >= 11 is 4.16. The third-order valence-corrected chi connectivity index (χ3v) is 4.91. The number of rotatable bonds is 4. The van der Waals surface area contributed by atoms with Crippen LogP contribution in [-0.2, 0) is 4.79 Å². The fourth-order valence-electron chi connectivity index (χ4n) is 3.33. The number of nitrogens with zero attached hydrogens (tertiary/aromatic N) is 4. The molecule has 0 saturated carbocycles. The molecule has 10 nitrogen and oxygen atoms in total. The van der Waals surface area contributed by atoms with Gasteiger partial charge in [-0.05, 0) is 19.1 Å². The zero-order valence-corrected chi connectivity index (χ0v) is 15.9. The van der Waals surface area contributed by atoms with Crippen LogP contribution in [0.15, 0.2) is 53.3 Å². The van der Waals surface area contributed by atoms with Gasteiger partial charge < -0.3 is 5.32 Å². The van der Waals surface area contributed by atoms with Crippen molar-refractivity contribution in [3.05, 3.63) is 84.7 Å². The predicted molar refractivity (Wildman–Crippen MR) is 103 cm³/mol. The number of nitro groups is 2. The number of nitro benzene ring substituents is 2. The van der Waals surface area contributed by atoms with Crippen molar-refractivity contribution < 1.29 is 19.2 Å². The Labute approximate surface area is 169 Å². The molecule has 29 heavy (non-hydrogen) atoms. The molecule has 146 valence electrons. The average molecular weight is 412 g/mol. The topological polar surface area (TPSA) is 143 Å². The number of nitrogens with one attached hydrogen (secondary N) is 1. The fourth-order valence-corrected chi connectivity index (χ4v) is 3.62. The molecule has 11 heteroatoms. The number of aromatic nitrogens is 1. The maximum absolute atomic E-state index is 12.8. The van der Waals surface area contributed by atoms with Crippen molar-refractivity contribution in [1.82, 2.24) is 5.32 Å². The first-order chi connectivity index (χ1) is 13.7. The molecule has 1 aliphatic rings. The summed E-state index contributed by atoms with van der Waals surface area (Å²) in [5, 5.41) is 34.9. The van der Waals surface area contributed by atoms with Gasteiger partial charge in [-0.15, -0.1) is 12.6 Å². The Morgan fingerprint density at radius 1 is 1.24 bits per heavy atom. The van der Waals surface area contributed by atoms with E-state index in [1.54, 1.807) is 23.0 Å². The predicted octanol–water partition coefficient (Wildman–Crippen LogP) is 2.22. The zero-order valence-electron chi connectivity index (χ0n) is 15.0. The molecular weight excluding hydrogens is 398 g/mol. The van der Waals surface area contributed by atoms with Crippen molar-refractivity contribution >= 4 is 29.9 Å². The number of aryl methyl sites for hydroxylation is 1. The molecule has 0 saturated heterocycles. The smallest absolute Gasteiger partial charge is 0.294 e. The lowest BCUT2D eigenvalue weighted by molar-refractivity contribution is -0.711. The Bertz CT molecular complexity index is 1120. The maximum Gasteiger partial charge on any atom is 0.294 e. The standard InChI is InChI=1S/C18H13N5O5S/c1-10-3-2-6-21(9-10)16-15(13(8-19)18(29)20-17(16)24)12-5-4-11(22(25)26)7-14(12)23(27)28/h2-7,9,15-16H,1H3,(H-,20,24,29)/p+1/t15-,16-/m1/s1. The molecular formula is C18H14N5O5S+. The van der Waals surface area contributed by atoms with Gasteiger partial charge in [0.1, 0.15) is 0 Å². The molecule has 2 atom stereocenters. The van der Waals surface area contributed by atoms with E-state index in [4.69, 9.17) is 0 Å². The summed E-state index contributed by atoms with van der Waals surface area (Å²) in [5.41, 5.74) is -0.155. The first-order valence-electron chi connectivity index (χ1n) is 8.28. The number of nitriles is 1. The van der Waals surface area contributed by atoms with E-state index in [-0.39, 0.29) is 16.2 Å². The zero-order chi connectivity index (χ0) is 21.3. The molecule has 3 rings (SSSR count). The summed E-state index contributed by atoms with van der Waals surface area (Å²) in [7, 11) is 0. The largest absolute Gasteiger partial charge is 0.314 e. The van der Waals surface area contributed by atoms with Crippen LogP contribution in [0.4, 0.5) is 11.4 Å². The lowest BCUT2D eigenvalue weighted by Crippen LogP contribution is -2.53. The van der Waals surface area contributed by atoms with Crippen molar-refractivity contribution in [2.45, 2.75) is 18.9 Å². The van der Waals surface area contributed by atoms with Crippen LogP contribution >= 0.6 is 12.6 Å². The monoisotopic (exact) mass is 412 g/mol. The van der Waals surface area contributed by atoms with Crippen LogP contribution < -0.4 is 9.88 Å². The van der Waals surface area contributed by atoms with Crippen molar-refractivity contribution in [2.75, 3.05) is 0 Å². The highest BCUT2D eigenvalue weighted by atomic mass is 32.1. The summed E-state index contributed by atoms with van der Waals surface area (Å²) in [6.07, 6.45) is 3.28. The van der Waals surface area contributed by atoms with Gasteiger partial charge >= 0.3 is 0 Å². The third kappa shape index (κ3) is 3.65. The Kier molecular flexibility index (Phi) is 5.29. The van der Waals surface area contributed by atoms with Gasteiger partial charge in [-0.3, -0.25) is 25.0 Å². The first-order valence-corrected chi connectivity index (χ1v) is 8.73. The Morgan fingerprint density at radius 2 is 1.97 bits per heavy atom. The molecule has 2 heterocycles. The van der Waals surface area contributed by atoms with Crippen molar-refractivity contribution in [3.63, 3.8) is 0 Å². The van der Waals surface area contributed by atoms with Gasteiger partial charge in [-0.1, -0.05) is 0 Å². The minimum absolute atomic E-state index is 0.0116. The quantitative estimate of drug-likeness (QED) is 0.341. The molecule has 0 radical (unpaired) electrons. The van der Waals surface area contributed by atoms with Crippen LogP contribution in [0.1, 0.15) is 23.1 Å². The molecule has 1 amide bonds. The molecule has 0 fully saturated rings. The lowest BCUT2D eigenvalue weighted by Gasteiger charge is -2.27. The molecule has 0 unspecified atom stereocenters. The van der Waals surface area contributed by atoms with Crippen LogP contribution in [0, 0.1) is 38.5 Å². The molecule has 1 N–H and O–H groups in total. The van der Waals surface area contributed by atoms with E-state index in [2.05, 4.69) is 17.9 Å². The number of thiol groups is 1. The van der Waals surface area contributed by atoms with E-state index in [1.165, 1.54) is 6.07 Å². The molecule has 1 aliphatic heterocycles. The van der Waals surface area contributed by atoms with Gasteiger partial charge in [0, 0.05) is 23.3 Å². The highest BCUT2D eigenvalue weighted by Gasteiger charge is 2.47. The van der Waals surface area contributed by atoms with E-state index in [0.717, 1.165) is 17.7 Å². The third-order valence-electron chi connectivity index (χ3n) is 4.56. The van der Waals surface area contributed by atoms with Crippen LogP contribution in [-0.4, -0.2) is 15.8 Å². The average Bonchev–Trinajstić information content (AvgIpc) is 2.66. The summed E-state index contributed by atoms with van der Waals surface area (Å²) in [6, 6.07) is 7.59. The minimum Gasteiger partial charge on any atom is -0.314 e. The van der Waals surface area contributed by atoms with Gasteiger partial charge in [-0.2, -0.15) is 9.83 Å². The highest BCUT2D eigenvalue weighted by Crippen LogP contribution is 2.42. The van der Waals surface area contributed by atoms with Gasteiger partial charge in [0.25, 0.3) is 17.3 Å². The highest BCUT2D eigenvalue weighted by molar-refractivity contribution is 7.84. The molecule has 2 aromatic rings. The normalized spacial score (nSPS) is 18.7. The van der Waals surface area contributed by atoms with E-state index in [1.807, 2.05) is 19.1 Å². The maximum atomic E-state index is 12.8. The second-order valence-electron chi connectivity index (χ2n) is 6.37. The van der Waals surface area contributed by atoms with Gasteiger partial charge in [0.05, 0.1) is 38.5 Å². The van der Waals surface area contributed by atoms with Crippen molar-refractivity contribution in [3.8, 4) is 6.07 Å². The van der Waals surface area contributed by atoms with Crippen molar-refractivity contribution in [1.29, 1.82) is 5.26 Å². The fraction of sp³-hybridized carbons (Fsp3) is 0.167. The lowest BCUT2D eigenvalue weighted by atomic mass is 9.82. The molecule has 0 aliphatic carbocycles. The van der Waals surface area contributed by atoms with Crippen LogP contribution in [0.5, 0.6) is 0 Å². The number of allylic oxidation sites excluding steroid dienone is 1. The first kappa shape index (κ1) is 20.0. The van der Waals surface area contributed by atoms with Crippen LogP contribution in [0.3, 0.4) is 0 Å². The number of amides is 1. The molecule has 0 spiro atoms. The number of non-ortho nitro benzene ring substituents is 1. The van der Waals surface area contributed by atoms with Crippen molar-refractivity contribution in [2.24, 2.45) is 0 Å². The van der Waals surface area contributed by atoms with Gasteiger partial charge in [0.2, 0.25) is 6.04 Å². The number of carbonyl (C=O) groups is 1. The Balaban J connectivity index is 2.30. The Morgan fingerprint density at radius 3 is 2.55 bits per heavy atom. The number of hydrogen-bond acceptors (Lipinski definition) is 7. The second kappa shape index (κ2) is 7.69. The number of pyridine rings is 1. The SMILES string of the molecule is Cc1ccc[n+]([C@H]2C(=O)NC(S)=C(C#N)[C@H]2c2ccc([N+](=O)[O-])cc2[N+](=O)[O-])c1. The van der Waals surface area contributed by atoms with Gasteiger partial charge in [-0.25, -0.2) is 0 Å². The van der Waals surface area contributed by atoms with E-state index >= 15 is 0 Å². The van der Waals surface area contributed by atoms with E-state index in [0.29, 0.717) is 0 Å². The summed E-state index contributed by atoms with van der Waals surface area (Å²) in [6.45, 7) is 1.81. The molecule has 1 aromatic heterocycles. The number of hydrogen-bond donors (Lipinski definition) is 2. The second-order valence-corrected chi connectivity index (χ2v) is 6.82.